The summed E-state index contributed by atoms with van der Waals surface area (Å²) in [4.78, 5) is 8.98. The van der Waals surface area contributed by atoms with Crippen molar-refractivity contribution in [3.63, 3.8) is 0 Å². The van der Waals surface area contributed by atoms with Gasteiger partial charge in [-0.25, -0.2) is 0 Å². The third kappa shape index (κ3) is 4.10. The van der Waals surface area contributed by atoms with Crippen LogP contribution in [-0.2, 0) is 4.74 Å². The van der Waals surface area contributed by atoms with Crippen molar-refractivity contribution in [2.75, 3.05) is 39.3 Å². The van der Waals surface area contributed by atoms with E-state index < -0.39 is 0 Å². The number of hydrogen-bond acceptors (Lipinski definition) is 4. The first-order chi connectivity index (χ1) is 15.4. The van der Waals surface area contributed by atoms with Gasteiger partial charge in [-0.05, 0) is 74.1 Å². The first-order valence-corrected chi connectivity index (χ1v) is 11.3. The summed E-state index contributed by atoms with van der Waals surface area (Å²) in [5, 5.41) is 4.26. The molecular formula is C25H31N5OS. The van der Waals surface area contributed by atoms with Crippen LogP contribution in [0.5, 0.6) is 0 Å². The second-order valence-corrected chi connectivity index (χ2v) is 8.77. The third-order valence-corrected chi connectivity index (χ3v) is 6.50. The Balaban J connectivity index is 1.78. The van der Waals surface area contributed by atoms with Gasteiger partial charge < -0.3 is 24.4 Å². The average molecular weight is 450 g/mol. The number of pyridine rings is 1. The molecule has 0 saturated carbocycles. The molecule has 0 aliphatic carbocycles. The van der Waals surface area contributed by atoms with E-state index in [4.69, 9.17) is 17.0 Å². The Morgan fingerprint density at radius 2 is 1.88 bits per heavy atom. The molecule has 1 aliphatic heterocycles. The quantitative estimate of drug-likeness (QED) is 0.546. The van der Waals surface area contributed by atoms with Gasteiger partial charge in [-0.15, -0.1) is 0 Å². The molecule has 32 heavy (non-hydrogen) atoms. The summed E-state index contributed by atoms with van der Waals surface area (Å²) in [5.41, 5.74) is 6.98. The molecule has 4 rings (SSSR count). The van der Waals surface area contributed by atoms with Gasteiger partial charge >= 0.3 is 0 Å². The molecule has 1 aliphatic rings. The van der Waals surface area contributed by atoms with Gasteiger partial charge in [-0.2, -0.15) is 0 Å². The Hall–Kier alpha value is -2.90. The maximum Gasteiger partial charge on any atom is 0.170 e. The maximum atomic E-state index is 5.74. The van der Waals surface area contributed by atoms with Crippen molar-refractivity contribution in [3.05, 3.63) is 77.4 Å². The lowest BCUT2D eigenvalue weighted by molar-refractivity contribution is 0.164. The van der Waals surface area contributed by atoms with Gasteiger partial charge in [-0.3, -0.25) is 4.98 Å². The molecule has 1 saturated heterocycles. The lowest BCUT2D eigenvalue weighted by Crippen LogP contribution is -2.32. The van der Waals surface area contributed by atoms with Gasteiger partial charge in [0.15, 0.2) is 5.11 Å². The van der Waals surface area contributed by atoms with Crippen LogP contribution in [0.2, 0.25) is 0 Å². The number of nitrogens with one attached hydrogen (secondary N) is 1. The molecule has 0 radical (unpaired) electrons. The number of hydrogen-bond donors (Lipinski definition) is 1. The zero-order valence-electron chi connectivity index (χ0n) is 19.4. The Kier molecular flexibility index (Phi) is 6.48. The van der Waals surface area contributed by atoms with E-state index in [0.717, 1.165) is 23.0 Å². The monoisotopic (exact) mass is 449 g/mol. The highest BCUT2D eigenvalue weighted by molar-refractivity contribution is 7.80. The summed E-state index contributed by atoms with van der Waals surface area (Å²) >= 11 is 5.74. The molecular weight excluding hydrogens is 418 g/mol. The molecule has 6 nitrogen and oxygen atoms in total. The lowest BCUT2D eigenvalue weighted by atomic mass is 9.97. The number of nitrogens with zero attached hydrogens (tertiary/aromatic N) is 4. The van der Waals surface area contributed by atoms with Crippen molar-refractivity contribution in [2.24, 2.45) is 0 Å². The minimum Gasteiger partial charge on any atom is -0.383 e. The second-order valence-electron chi connectivity index (χ2n) is 8.39. The van der Waals surface area contributed by atoms with Crippen molar-refractivity contribution in [2.45, 2.75) is 25.9 Å². The van der Waals surface area contributed by atoms with Crippen LogP contribution in [0.3, 0.4) is 0 Å². The number of aromatic nitrogens is 2. The van der Waals surface area contributed by atoms with E-state index in [-0.39, 0.29) is 12.1 Å². The van der Waals surface area contributed by atoms with Crippen LogP contribution < -0.4 is 10.2 Å². The van der Waals surface area contributed by atoms with Crippen molar-refractivity contribution >= 4 is 23.0 Å². The van der Waals surface area contributed by atoms with Gasteiger partial charge in [-0.1, -0.05) is 6.07 Å². The number of ether oxygens (including phenoxy) is 1. The zero-order valence-corrected chi connectivity index (χ0v) is 20.2. The smallest absolute Gasteiger partial charge is 0.170 e. The van der Waals surface area contributed by atoms with E-state index in [1.807, 2.05) is 18.3 Å². The fraction of sp³-hybridized carbons (Fsp3) is 0.360. The summed E-state index contributed by atoms with van der Waals surface area (Å²) in [7, 11) is 5.84. The Labute approximate surface area is 195 Å². The van der Waals surface area contributed by atoms with E-state index >= 15 is 0 Å². The summed E-state index contributed by atoms with van der Waals surface area (Å²) in [6.45, 7) is 5.68. The standard InChI is InChI=1S/C25H31N5OS/c1-17-16-21(18(2)30(17)20-11-9-19(10-12-20)28(3)4)24-23(22-8-6-7-13-26-22)27-25(32)29(24)14-15-31-5/h6-13,16,23-24H,14-15H2,1-5H3,(H,27,32)/t23-,24-/m1/s1. The lowest BCUT2D eigenvalue weighted by Gasteiger charge is -2.28. The van der Waals surface area contributed by atoms with E-state index in [1.54, 1.807) is 7.11 Å². The molecule has 0 unspecified atom stereocenters. The molecule has 3 heterocycles. The van der Waals surface area contributed by atoms with Crippen LogP contribution in [-0.4, -0.2) is 53.9 Å². The number of methoxy groups -OCH3 is 1. The molecule has 1 N–H and O–H groups in total. The first kappa shape index (κ1) is 22.3. The normalized spacial score (nSPS) is 18.2. The average Bonchev–Trinajstić information content (AvgIpc) is 3.27. The number of thiocarbonyl (C=S) groups is 1. The van der Waals surface area contributed by atoms with E-state index in [2.05, 4.69) is 89.0 Å². The molecule has 0 bridgehead atoms. The minimum absolute atomic E-state index is 0.0226. The van der Waals surface area contributed by atoms with Crippen molar-refractivity contribution in [1.29, 1.82) is 0 Å². The molecule has 168 valence electrons. The molecule has 2 atom stereocenters. The number of anilines is 1. The van der Waals surface area contributed by atoms with Crippen molar-refractivity contribution in [1.82, 2.24) is 19.8 Å². The van der Waals surface area contributed by atoms with Gasteiger partial charge in [0.1, 0.15) is 0 Å². The highest BCUT2D eigenvalue weighted by Crippen LogP contribution is 2.41. The summed E-state index contributed by atoms with van der Waals surface area (Å²) in [6.07, 6.45) is 1.84. The Morgan fingerprint density at radius 3 is 2.50 bits per heavy atom. The molecule has 1 fully saturated rings. The van der Waals surface area contributed by atoms with Gasteiger partial charge in [0.25, 0.3) is 0 Å². The molecule has 3 aromatic rings. The number of aryl methyl sites for hydroxylation is 1. The van der Waals surface area contributed by atoms with Gasteiger partial charge in [0.05, 0.1) is 24.4 Å². The van der Waals surface area contributed by atoms with Crippen LogP contribution in [0.25, 0.3) is 5.69 Å². The highest BCUT2D eigenvalue weighted by atomic mass is 32.1. The third-order valence-electron chi connectivity index (χ3n) is 6.15. The zero-order chi connectivity index (χ0) is 22.8. The summed E-state index contributed by atoms with van der Waals surface area (Å²) in [5.74, 6) is 0. The highest BCUT2D eigenvalue weighted by Gasteiger charge is 2.41. The molecule has 1 aromatic carbocycles. The molecule has 2 aromatic heterocycles. The number of benzene rings is 1. The Morgan fingerprint density at radius 1 is 1.12 bits per heavy atom. The fourth-order valence-corrected chi connectivity index (χ4v) is 4.89. The molecule has 0 spiro atoms. The SMILES string of the molecule is COCCN1C(=S)N[C@H](c2ccccn2)[C@H]1c1cc(C)n(-c2ccc(N(C)C)cc2)c1C. The van der Waals surface area contributed by atoms with Crippen LogP contribution in [0.15, 0.2) is 54.7 Å². The van der Waals surface area contributed by atoms with E-state index in [9.17, 15) is 0 Å². The van der Waals surface area contributed by atoms with Crippen molar-refractivity contribution < 1.29 is 4.74 Å². The largest absolute Gasteiger partial charge is 0.383 e. The summed E-state index contributed by atoms with van der Waals surface area (Å²) in [6, 6.07) is 17.0. The first-order valence-electron chi connectivity index (χ1n) is 10.9. The fourth-order valence-electron chi connectivity index (χ4n) is 4.56. The summed E-state index contributed by atoms with van der Waals surface area (Å²) < 4.78 is 7.70. The number of rotatable bonds is 7. The van der Waals surface area contributed by atoms with E-state index in [1.165, 1.54) is 22.6 Å². The van der Waals surface area contributed by atoms with Crippen LogP contribution in [0.4, 0.5) is 5.69 Å². The second kappa shape index (κ2) is 9.30. The van der Waals surface area contributed by atoms with Crippen LogP contribution in [0, 0.1) is 13.8 Å². The molecule has 0 amide bonds. The van der Waals surface area contributed by atoms with Crippen molar-refractivity contribution in [3.8, 4) is 5.69 Å². The van der Waals surface area contributed by atoms with Crippen LogP contribution in [0.1, 0.15) is 34.7 Å². The predicted molar refractivity (Wildman–Crippen MR) is 134 cm³/mol. The van der Waals surface area contributed by atoms with Crippen LogP contribution >= 0.6 is 12.2 Å². The predicted octanol–water partition coefficient (Wildman–Crippen LogP) is 4.17. The van der Waals surface area contributed by atoms with Gasteiger partial charge in [0, 0.05) is 56.7 Å². The maximum absolute atomic E-state index is 5.74. The van der Waals surface area contributed by atoms with Gasteiger partial charge in [0.2, 0.25) is 0 Å². The minimum atomic E-state index is -0.0226. The Bertz CT molecular complexity index is 1080. The van der Waals surface area contributed by atoms with E-state index in [0.29, 0.717) is 6.61 Å². The molecule has 7 heteroatoms. The topological polar surface area (TPSA) is 45.6 Å².